The van der Waals surface area contributed by atoms with E-state index in [1.54, 1.807) is 25.3 Å². The van der Waals surface area contributed by atoms with Crippen molar-refractivity contribution in [2.75, 3.05) is 7.11 Å². The number of nitrogens with zero attached hydrogens (tertiary/aromatic N) is 1. The summed E-state index contributed by atoms with van der Waals surface area (Å²) in [6, 6.07) is 14.1. The highest BCUT2D eigenvalue weighted by atomic mass is 35.5. The van der Waals surface area contributed by atoms with Gasteiger partial charge in [0.15, 0.2) is 0 Å². The lowest BCUT2D eigenvalue weighted by Crippen LogP contribution is -2.44. The minimum Gasteiger partial charge on any atom is -0.496 e. The predicted molar refractivity (Wildman–Crippen MR) is 140 cm³/mol. The average molecular weight is 517 g/mol. The van der Waals surface area contributed by atoms with E-state index in [0.717, 1.165) is 5.56 Å². The van der Waals surface area contributed by atoms with Crippen molar-refractivity contribution in [3.63, 3.8) is 0 Å². The molecule has 4 atom stereocenters. The highest BCUT2D eigenvalue weighted by molar-refractivity contribution is 6.31. The lowest BCUT2D eigenvalue weighted by Gasteiger charge is -2.38. The van der Waals surface area contributed by atoms with Crippen LogP contribution in [0.25, 0.3) is 0 Å². The van der Waals surface area contributed by atoms with E-state index < -0.39 is 28.9 Å². The first-order valence-electron chi connectivity index (χ1n) is 11.7. The molecule has 1 fully saturated rings. The fraction of sp³-hybridized carbons (Fsp3) is 0.500. The summed E-state index contributed by atoms with van der Waals surface area (Å²) in [6.45, 7) is 11.9. The molecule has 0 amide bonds. The van der Waals surface area contributed by atoms with Gasteiger partial charge in [0, 0.05) is 27.6 Å². The van der Waals surface area contributed by atoms with E-state index in [9.17, 15) is 10.1 Å². The van der Waals surface area contributed by atoms with Gasteiger partial charge in [-0.2, -0.15) is 5.26 Å². The van der Waals surface area contributed by atoms with Gasteiger partial charge in [0.1, 0.15) is 22.8 Å². The van der Waals surface area contributed by atoms with Gasteiger partial charge in [0.25, 0.3) is 0 Å². The Morgan fingerprint density at radius 2 is 1.74 bits per heavy atom. The number of rotatable bonds is 5. The Balaban J connectivity index is 2.35. The van der Waals surface area contributed by atoms with E-state index in [4.69, 9.17) is 32.7 Å². The maximum atomic E-state index is 13.6. The first kappa shape index (κ1) is 27.3. The van der Waals surface area contributed by atoms with Crippen LogP contribution < -0.4 is 10.1 Å². The number of esters is 1. The molecular weight excluding hydrogens is 483 g/mol. The number of nitrogens with one attached hydrogen (secondary N) is 1. The molecule has 1 N–H and O–H groups in total. The van der Waals surface area contributed by atoms with Crippen molar-refractivity contribution in [3.05, 3.63) is 63.6 Å². The van der Waals surface area contributed by atoms with E-state index in [1.807, 2.05) is 45.0 Å². The summed E-state index contributed by atoms with van der Waals surface area (Å²) in [7, 11) is 1.56. The first-order chi connectivity index (χ1) is 16.2. The van der Waals surface area contributed by atoms with Gasteiger partial charge in [-0.15, -0.1) is 0 Å². The fourth-order valence-electron chi connectivity index (χ4n) is 5.05. The van der Waals surface area contributed by atoms with Gasteiger partial charge in [0.05, 0.1) is 13.2 Å². The molecule has 2 aromatic carbocycles. The Morgan fingerprint density at radius 3 is 2.29 bits per heavy atom. The number of benzene rings is 2. The summed E-state index contributed by atoms with van der Waals surface area (Å²) < 4.78 is 11.6. The molecule has 0 saturated carbocycles. The number of carbonyl (C=O) groups excluding carboxylic acids is 1. The van der Waals surface area contributed by atoms with Crippen LogP contribution in [0.5, 0.6) is 5.75 Å². The molecule has 2 aromatic rings. The standard InChI is InChI=1S/C28H34Cl2N2O3/c1-26(2,3)15-22-28(16-31,20-12-11-19(30)14-21(20)34-7)23(17-9-8-10-18(29)13-17)24(32-22)25(33)35-27(4,5)6/h8-14,22-24,32H,15H2,1-7H3. The lowest BCUT2D eigenvalue weighted by atomic mass is 9.62. The largest absolute Gasteiger partial charge is 0.496 e. The third-order valence-corrected chi connectivity index (χ3v) is 6.70. The normalized spacial score (nSPS) is 24.6. The van der Waals surface area contributed by atoms with Crippen LogP contribution in [0.1, 0.15) is 65.0 Å². The van der Waals surface area contributed by atoms with Gasteiger partial charge in [-0.05, 0) is 62.4 Å². The lowest BCUT2D eigenvalue weighted by molar-refractivity contribution is -0.157. The molecule has 7 heteroatoms. The summed E-state index contributed by atoms with van der Waals surface area (Å²) in [5, 5.41) is 15.5. The summed E-state index contributed by atoms with van der Waals surface area (Å²) in [5.41, 5.74) is -0.551. The molecule has 0 radical (unpaired) electrons. The number of nitriles is 1. The maximum Gasteiger partial charge on any atom is 0.324 e. The molecule has 5 nitrogen and oxygen atoms in total. The Bertz CT molecular complexity index is 1130. The third-order valence-electron chi connectivity index (χ3n) is 6.23. The first-order valence-corrected chi connectivity index (χ1v) is 12.5. The van der Waals surface area contributed by atoms with Gasteiger partial charge in [-0.1, -0.05) is 62.2 Å². The van der Waals surface area contributed by atoms with Crippen molar-refractivity contribution in [1.29, 1.82) is 5.26 Å². The molecule has 1 heterocycles. The van der Waals surface area contributed by atoms with Crippen molar-refractivity contribution in [1.82, 2.24) is 5.32 Å². The van der Waals surface area contributed by atoms with Crippen LogP contribution in [0.15, 0.2) is 42.5 Å². The predicted octanol–water partition coefficient (Wildman–Crippen LogP) is 6.67. The molecular formula is C28H34Cl2N2O3. The van der Waals surface area contributed by atoms with Gasteiger partial charge in [-0.3, -0.25) is 10.1 Å². The minimum atomic E-state index is -1.17. The SMILES string of the molecule is COc1cc(Cl)ccc1C1(C#N)C(CC(C)(C)C)NC(C(=O)OC(C)(C)C)C1c1cccc(Cl)c1. The Kier molecular flexibility index (Phi) is 7.82. The molecule has 3 rings (SSSR count). The van der Waals surface area contributed by atoms with Gasteiger partial charge >= 0.3 is 5.97 Å². The Hall–Kier alpha value is -2.26. The van der Waals surface area contributed by atoms with Crippen LogP contribution >= 0.6 is 23.2 Å². The molecule has 188 valence electrons. The summed E-state index contributed by atoms with van der Waals surface area (Å²) in [4.78, 5) is 13.6. The Labute approximate surface area is 218 Å². The van der Waals surface area contributed by atoms with Crippen molar-refractivity contribution in [3.8, 4) is 11.8 Å². The number of halogens is 2. The highest BCUT2D eigenvalue weighted by Gasteiger charge is 2.61. The summed E-state index contributed by atoms with van der Waals surface area (Å²) in [5.74, 6) is -0.508. The van der Waals surface area contributed by atoms with Crippen LogP contribution in [-0.4, -0.2) is 30.8 Å². The summed E-state index contributed by atoms with van der Waals surface area (Å²) in [6.07, 6.45) is 0.628. The van der Waals surface area contributed by atoms with Crippen LogP contribution in [0, 0.1) is 16.7 Å². The second kappa shape index (κ2) is 10.0. The maximum absolute atomic E-state index is 13.6. The monoisotopic (exact) mass is 516 g/mol. The molecule has 0 aromatic heterocycles. The molecule has 1 aliphatic rings. The zero-order valence-corrected chi connectivity index (χ0v) is 22.9. The Morgan fingerprint density at radius 1 is 1.09 bits per heavy atom. The molecule has 4 unspecified atom stereocenters. The third kappa shape index (κ3) is 5.77. The molecule has 1 saturated heterocycles. The van der Waals surface area contributed by atoms with Gasteiger partial charge in [-0.25, -0.2) is 0 Å². The highest BCUT2D eigenvalue weighted by Crippen LogP contribution is 2.54. The van der Waals surface area contributed by atoms with Crippen LogP contribution in [0.4, 0.5) is 0 Å². The number of methoxy groups -OCH3 is 1. The number of hydrogen-bond donors (Lipinski definition) is 1. The van der Waals surface area contributed by atoms with E-state index in [0.29, 0.717) is 27.8 Å². The molecule has 1 aliphatic heterocycles. The van der Waals surface area contributed by atoms with E-state index in [1.165, 1.54) is 0 Å². The van der Waals surface area contributed by atoms with Crippen molar-refractivity contribution >= 4 is 29.2 Å². The second-order valence-electron chi connectivity index (χ2n) is 11.4. The van der Waals surface area contributed by atoms with Gasteiger partial charge < -0.3 is 9.47 Å². The zero-order chi connectivity index (χ0) is 26.2. The van der Waals surface area contributed by atoms with Crippen LogP contribution in [-0.2, 0) is 14.9 Å². The smallest absolute Gasteiger partial charge is 0.324 e. The molecule has 0 aliphatic carbocycles. The fourth-order valence-corrected chi connectivity index (χ4v) is 5.41. The van der Waals surface area contributed by atoms with Crippen molar-refractivity contribution in [2.45, 2.75) is 77.0 Å². The number of hydrogen-bond acceptors (Lipinski definition) is 5. The van der Waals surface area contributed by atoms with E-state index >= 15 is 0 Å². The van der Waals surface area contributed by atoms with Crippen LogP contribution in [0.2, 0.25) is 10.0 Å². The second-order valence-corrected chi connectivity index (χ2v) is 12.2. The molecule has 0 spiro atoms. The minimum absolute atomic E-state index is 0.138. The molecule has 35 heavy (non-hydrogen) atoms. The topological polar surface area (TPSA) is 71.3 Å². The number of carbonyl (C=O) groups is 1. The van der Waals surface area contributed by atoms with Crippen molar-refractivity contribution in [2.24, 2.45) is 5.41 Å². The quantitative estimate of drug-likeness (QED) is 0.449. The van der Waals surface area contributed by atoms with Gasteiger partial charge in [0.2, 0.25) is 0 Å². The van der Waals surface area contributed by atoms with Crippen LogP contribution in [0.3, 0.4) is 0 Å². The zero-order valence-electron chi connectivity index (χ0n) is 21.4. The number of ether oxygens (including phenoxy) is 2. The average Bonchev–Trinajstić information content (AvgIpc) is 3.05. The van der Waals surface area contributed by atoms with E-state index in [-0.39, 0.29) is 11.5 Å². The van der Waals surface area contributed by atoms with Crippen molar-refractivity contribution < 1.29 is 14.3 Å². The summed E-state index contributed by atoms with van der Waals surface area (Å²) >= 11 is 12.7. The molecule has 0 bridgehead atoms. The van der Waals surface area contributed by atoms with E-state index in [2.05, 4.69) is 32.2 Å².